The topological polar surface area (TPSA) is 57.6 Å². The van der Waals surface area contributed by atoms with Crippen molar-refractivity contribution < 1.29 is 19.1 Å². The molecule has 0 unspecified atom stereocenters. The van der Waals surface area contributed by atoms with Gasteiger partial charge in [0.15, 0.2) is 0 Å². The summed E-state index contributed by atoms with van der Waals surface area (Å²) in [6.45, 7) is 2.52. The standard InChI is InChI=1S/C15H16FNO3/c1-10-8-17(9-13(10)15(19)20)14(18)7-4-11-2-5-12(16)6-3-11/h2-7,10,13H,8-9H2,1H3,(H,19,20)/b7-4+/t10-,13-/m1/s1. The van der Waals surface area contributed by atoms with Gasteiger partial charge in [0.05, 0.1) is 5.92 Å². The summed E-state index contributed by atoms with van der Waals surface area (Å²) < 4.78 is 12.7. The molecule has 1 saturated heterocycles. The van der Waals surface area contributed by atoms with Crippen LogP contribution in [-0.2, 0) is 9.59 Å². The van der Waals surface area contributed by atoms with Crippen molar-refractivity contribution in [1.29, 1.82) is 0 Å². The molecule has 1 aliphatic heterocycles. The van der Waals surface area contributed by atoms with Crippen molar-refractivity contribution >= 4 is 18.0 Å². The minimum absolute atomic E-state index is 0.0457. The summed E-state index contributed by atoms with van der Waals surface area (Å²) in [5.41, 5.74) is 0.724. The third kappa shape index (κ3) is 3.23. The van der Waals surface area contributed by atoms with Crippen LogP contribution < -0.4 is 0 Å². The predicted molar refractivity (Wildman–Crippen MR) is 72.3 cm³/mol. The first kappa shape index (κ1) is 14.2. The molecule has 0 aromatic heterocycles. The van der Waals surface area contributed by atoms with Gasteiger partial charge in [-0.2, -0.15) is 0 Å². The van der Waals surface area contributed by atoms with Crippen LogP contribution in [-0.4, -0.2) is 35.0 Å². The zero-order chi connectivity index (χ0) is 14.7. The van der Waals surface area contributed by atoms with Crippen molar-refractivity contribution in [2.45, 2.75) is 6.92 Å². The number of nitrogens with zero attached hydrogens (tertiary/aromatic N) is 1. The van der Waals surface area contributed by atoms with Crippen molar-refractivity contribution in [3.05, 3.63) is 41.7 Å². The molecule has 1 aliphatic rings. The normalized spacial score (nSPS) is 22.4. The second-order valence-electron chi connectivity index (χ2n) is 5.05. The highest BCUT2D eigenvalue weighted by Crippen LogP contribution is 2.23. The van der Waals surface area contributed by atoms with Crippen molar-refractivity contribution in [1.82, 2.24) is 4.90 Å². The van der Waals surface area contributed by atoms with Crippen molar-refractivity contribution in [3.8, 4) is 0 Å². The number of carbonyl (C=O) groups is 2. The fourth-order valence-corrected chi connectivity index (χ4v) is 2.32. The van der Waals surface area contributed by atoms with Gasteiger partial charge in [-0.3, -0.25) is 9.59 Å². The third-order valence-electron chi connectivity index (χ3n) is 3.53. The zero-order valence-electron chi connectivity index (χ0n) is 11.1. The van der Waals surface area contributed by atoms with E-state index in [1.165, 1.54) is 23.1 Å². The van der Waals surface area contributed by atoms with E-state index < -0.39 is 11.9 Å². The van der Waals surface area contributed by atoms with E-state index in [1.54, 1.807) is 18.2 Å². The number of rotatable bonds is 3. The van der Waals surface area contributed by atoms with E-state index in [1.807, 2.05) is 6.92 Å². The average Bonchev–Trinajstić information content (AvgIpc) is 2.80. The largest absolute Gasteiger partial charge is 0.481 e. The molecule has 0 spiro atoms. The molecule has 106 valence electrons. The van der Waals surface area contributed by atoms with Gasteiger partial charge in [0.2, 0.25) is 5.91 Å². The van der Waals surface area contributed by atoms with Crippen molar-refractivity contribution in [2.24, 2.45) is 11.8 Å². The summed E-state index contributed by atoms with van der Waals surface area (Å²) in [5.74, 6) is -1.96. The molecule has 2 atom stereocenters. The maximum Gasteiger partial charge on any atom is 0.308 e. The summed E-state index contributed by atoms with van der Waals surface area (Å²) in [5, 5.41) is 9.03. The van der Waals surface area contributed by atoms with Gasteiger partial charge in [-0.25, -0.2) is 4.39 Å². The van der Waals surface area contributed by atoms with Crippen molar-refractivity contribution in [3.63, 3.8) is 0 Å². The minimum Gasteiger partial charge on any atom is -0.481 e. The first-order valence-electron chi connectivity index (χ1n) is 6.42. The van der Waals surface area contributed by atoms with E-state index in [0.717, 1.165) is 5.56 Å². The van der Waals surface area contributed by atoms with Gasteiger partial charge in [-0.1, -0.05) is 19.1 Å². The lowest BCUT2D eigenvalue weighted by Gasteiger charge is -2.12. The molecule has 1 amide bonds. The monoisotopic (exact) mass is 277 g/mol. The fraction of sp³-hybridized carbons (Fsp3) is 0.333. The second kappa shape index (κ2) is 5.86. The lowest BCUT2D eigenvalue weighted by Crippen LogP contribution is -2.28. The van der Waals surface area contributed by atoms with Crippen LogP contribution in [0.3, 0.4) is 0 Å². The second-order valence-corrected chi connectivity index (χ2v) is 5.05. The Bertz CT molecular complexity index is 539. The Morgan fingerprint density at radius 2 is 1.95 bits per heavy atom. The van der Waals surface area contributed by atoms with Gasteiger partial charge >= 0.3 is 5.97 Å². The molecule has 0 bridgehead atoms. The van der Waals surface area contributed by atoms with Crippen LogP contribution in [0.4, 0.5) is 4.39 Å². The molecule has 1 N–H and O–H groups in total. The summed E-state index contributed by atoms with van der Waals surface area (Å²) >= 11 is 0. The highest BCUT2D eigenvalue weighted by Gasteiger charge is 2.36. The number of amides is 1. The predicted octanol–water partition coefficient (Wildman–Crippen LogP) is 2.02. The fourth-order valence-electron chi connectivity index (χ4n) is 2.32. The van der Waals surface area contributed by atoms with E-state index in [-0.39, 0.29) is 24.2 Å². The Kier molecular flexibility index (Phi) is 4.17. The molecular weight excluding hydrogens is 261 g/mol. The molecule has 4 nitrogen and oxygen atoms in total. The third-order valence-corrected chi connectivity index (χ3v) is 3.53. The molecule has 2 rings (SSSR count). The van der Waals surface area contributed by atoms with Gasteiger partial charge < -0.3 is 10.0 Å². The molecule has 0 saturated carbocycles. The molecule has 1 aromatic rings. The minimum atomic E-state index is -0.865. The quantitative estimate of drug-likeness (QED) is 0.860. The molecule has 1 aromatic carbocycles. The first-order chi connectivity index (χ1) is 9.47. The number of aliphatic carboxylic acids is 1. The van der Waals surface area contributed by atoms with Crippen LogP contribution in [0.25, 0.3) is 6.08 Å². The van der Waals surface area contributed by atoms with E-state index in [9.17, 15) is 14.0 Å². The SMILES string of the molecule is C[C@@H]1CN(C(=O)/C=C/c2ccc(F)cc2)C[C@H]1C(=O)O. The molecule has 1 heterocycles. The summed E-state index contributed by atoms with van der Waals surface area (Å²) in [4.78, 5) is 24.5. The van der Waals surface area contributed by atoms with E-state index >= 15 is 0 Å². The summed E-state index contributed by atoms with van der Waals surface area (Å²) in [6.07, 6.45) is 2.99. The number of carboxylic acid groups (broad SMARTS) is 1. The Morgan fingerprint density at radius 3 is 2.50 bits per heavy atom. The van der Waals surface area contributed by atoms with Crippen LogP contribution in [0.2, 0.25) is 0 Å². The number of carboxylic acids is 1. The average molecular weight is 277 g/mol. The van der Waals surface area contributed by atoms with Crippen LogP contribution >= 0.6 is 0 Å². The van der Waals surface area contributed by atoms with Crippen LogP contribution in [0, 0.1) is 17.7 Å². The van der Waals surface area contributed by atoms with Crippen molar-refractivity contribution in [2.75, 3.05) is 13.1 Å². The molecular formula is C15H16FNO3. The molecule has 5 heteroatoms. The Hall–Kier alpha value is -2.17. The zero-order valence-corrected chi connectivity index (χ0v) is 11.1. The van der Waals surface area contributed by atoms with Gasteiger partial charge in [-0.05, 0) is 29.7 Å². The molecule has 0 aliphatic carbocycles. The Morgan fingerprint density at radius 1 is 1.30 bits per heavy atom. The molecule has 1 fully saturated rings. The van der Waals surface area contributed by atoms with Crippen LogP contribution in [0.5, 0.6) is 0 Å². The van der Waals surface area contributed by atoms with E-state index in [2.05, 4.69) is 0 Å². The van der Waals surface area contributed by atoms with E-state index in [0.29, 0.717) is 6.54 Å². The first-order valence-corrected chi connectivity index (χ1v) is 6.42. The van der Waals surface area contributed by atoms with Gasteiger partial charge in [0, 0.05) is 19.2 Å². The highest BCUT2D eigenvalue weighted by atomic mass is 19.1. The summed E-state index contributed by atoms with van der Waals surface area (Å²) in [7, 11) is 0. The molecule has 0 radical (unpaired) electrons. The van der Waals surface area contributed by atoms with Gasteiger partial charge in [0.25, 0.3) is 0 Å². The maximum atomic E-state index is 12.7. The van der Waals surface area contributed by atoms with Crippen LogP contribution in [0.15, 0.2) is 30.3 Å². The number of carbonyl (C=O) groups excluding carboxylic acids is 1. The number of hydrogen-bond donors (Lipinski definition) is 1. The number of likely N-dealkylation sites (tertiary alicyclic amines) is 1. The molecule has 20 heavy (non-hydrogen) atoms. The van der Waals surface area contributed by atoms with Gasteiger partial charge in [0.1, 0.15) is 5.82 Å². The lowest BCUT2D eigenvalue weighted by molar-refractivity contribution is -0.142. The van der Waals surface area contributed by atoms with Gasteiger partial charge in [-0.15, -0.1) is 0 Å². The maximum absolute atomic E-state index is 12.7. The Labute approximate surface area is 116 Å². The summed E-state index contributed by atoms with van der Waals surface area (Å²) in [6, 6.07) is 5.79. The van der Waals surface area contributed by atoms with E-state index in [4.69, 9.17) is 5.11 Å². The smallest absolute Gasteiger partial charge is 0.308 e. The number of halogens is 1. The Balaban J connectivity index is 1.99. The lowest BCUT2D eigenvalue weighted by atomic mass is 9.99. The number of hydrogen-bond acceptors (Lipinski definition) is 2. The van der Waals surface area contributed by atoms with Crippen LogP contribution in [0.1, 0.15) is 12.5 Å². The highest BCUT2D eigenvalue weighted by molar-refractivity contribution is 5.92. The number of benzene rings is 1.